The van der Waals surface area contributed by atoms with Gasteiger partial charge in [-0.2, -0.15) is 0 Å². The van der Waals surface area contributed by atoms with E-state index in [1.165, 1.54) is 17.4 Å². The Hall–Kier alpha value is -2.20. The average Bonchev–Trinajstić information content (AvgIpc) is 3.33. The molecule has 4 rings (SSSR count). The standard InChI is InChI=1S/C21H20Cl2N4O3S2/c1-11(2)20-25-26-21(31-20)27-32(29,30)16-5-3-12-7-15(8-13(12)9-16)24-19(28)17-6-4-14(22)10-18(17)23/h3-6,9-11,15H,7-8H2,1-2H3,(H,24,28)(H,26,27). The molecule has 11 heteroatoms. The summed E-state index contributed by atoms with van der Waals surface area (Å²) in [4.78, 5) is 12.8. The van der Waals surface area contributed by atoms with Gasteiger partial charge in [-0.05, 0) is 54.3 Å². The number of aromatic nitrogens is 2. The van der Waals surface area contributed by atoms with E-state index in [2.05, 4.69) is 20.2 Å². The van der Waals surface area contributed by atoms with Crippen LogP contribution in [0.5, 0.6) is 0 Å². The molecule has 0 aliphatic heterocycles. The molecule has 0 spiro atoms. The van der Waals surface area contributed by atoms with Crippen molar-refractivity contribution in [2.24, 2.45) is 0 Å². The predicted molar refractivity (Wildman–Crippen MR) is 126 cm³/mol. The lowest BCUT2D eigenvalue weighted by molar-refractivity contribution is 0.0938. The Morgan fingerprint density at radius 3 is 2.53 bits per heavy atom. The van der Waals surface area contributed by atoms with Gasteiger partial charge in [0.15, 0.2) is 0 Å². The molecule has 1 aliphatic carbocycles. The summed E-state index contributed by atoms with van der Waals surface area (Å²) < 4.78 is 28.1. The van der Waals surface area contributed by atoms with Gasteiger partial charge in [-0.25, -0.2) is 8.42 Å². The Bertz CT molecular complexity index is 1290. The highest BCUT2D eigenvalue weighted by molar-refractivity contribution is 7.93. The van der Waals surface area contributed by atoms with Gasteiger partial charge in [0.25, 0.3) is 15.9 Å². The molecule has 1 atom stereocenters. The molecule has 1 heterocycles. The number of benzene rings is 2. The Morgan fingerprint density at radius 1 is 1.09 bits per heavy atom. The first-order valence-electron chi connectivity index (χ1n) is 9.86. The van der Waals surface area contributed by atoms with Crippen molar-refractivity contribution in [1.82, 2.24) is 15.5 Å². The van der Waals surface area contributed by atoms with E-state index in [4.69, 9.17) is 23.2 Å². The zero-order chi connectivity index (χ0) is 23.0. The minimum atomic E-state index is -3.80. The van der Waals surface area contributed by atoms with Crippen LogP contribution in [-0.2, 0) is 22.9 Å². The van der Waals surface area contributed by atoms with Gasteiger partial charge in [0.1, 0.15) is 5.01 Å². The smallest absolute Gasteiger partial charge is 0.263 e. The second kappa shape index (κ2) is 8.97. The van der Waals surface area contributed by atoms with Gasteiger partial charge in [0.2, 0.25) is 5.13 Å². The zero-order valence-corrected chi connectivity index (χ0v) is 20.4. The highest BCUT2D eigenvalue weighted by atomic mass is 35.5. The van der Waals surface area contributed by atoms with Crippen LogP contribution in [0.2, 0.25) is 10.0 Å². The van der Waals surface area contributed by atoms with E-state index in [9.17, 15) is 13.2 Å². The highest BCUT2D eigenvalue weighted by Crippen LogP contribution is 2.29. The lowest BCUT2D eigenvalue weighted by Gasteiger charge is -2.13. The SMILES string of the molecule is CC(C)c1nnc(NS(=O)(=O)c2ccc3c(c2)CC(NC(=O)c2ccc(Cl)cc2Cl)C3)s1. The number of carbonyl (C=O) groups excluding carboxylic acids is 1. The molecular weight excluding hydrogens is 491 g/mol. The van der Waals surface area contributed by atoms with Crippen LogP contribution in [-0.4, -0.2) is 30.6 Å². The van der Waals surface area contributed by atoms with Crippen LogP contribution in [0.1, 0.15) is 46.3 Å². The molecule has 3 aromatic rings. The van der Waals surface area contributed by atoms with Crippen LogP contribution < -0.4 is 10.0 Å². The summed E-state index contributed by atoms with van der Waals surface area (Å²) in [7, 11) is -3.80. The third kappa shape index (κ3) is 4.91. The Kier molecular flexibility index (Phi) is 6.44. The Balaban J connectivity index is 1.46. The number of amides is 1. The number of hydrogen-bond acceptors (Lipinski definition) is 6. The Morgan fingerprint density at radius 2 is 1.84 bits per heavy atom. The van der Waals surface area contributed by atoms with Crippen LogP contribution in [0.15, 0.2) is 41.3 Å². The molecule has 1 aliphatic rings. The van der Waals surface area contributed by atoms with Crippen molar-refractivity contribution in [3.8, 4) is 0 Å². The number of hydrogen-bond donors (Lipinski definition) is 2. The maximum Gasteiger partial charge on any atom is 0.263 e. The van der Waals surface area contributed by atoms with E-state index < -0.39 is 10.0 Å². The minimum absolute atomic E-state index is 0.144. The van der Waals surface area contributed by atoms with Crippen LogP contribution >= 0.6 is 34.5 Å². The number of nitrogens with one attached hydrogen (secondary N) is 2. The number of anilines is 1. The fraction of sp³-hybridized carbons (Fsp3) is 0.286. The molecule has 32 heavy (non-hydrogen) atoms. The quantitative estimate of drug-likeness (QED) is 0.501. The highest BCUT2D eigenvalue weighted by Gasteiger charge is 2.26. The maximum absolute atomic E-state index is 12.8. The molecule has 1 unspecified atom stereocenters. The van der Waals surface area contributed by atoms with Crippen LogP contribution in [0.4, 0.5) is 5.13 Å². The minimum Gasteiger partial charge on any atom is -0.349 e. The predicted octanol–water partition coefficient (Wildman–Crippen LogP) is 4.67. The largest absolute Gasteiger partial charge is 0.349 e. The van der Waals surface area contributed by atoms with Crippen molar-refractivity contribution in [2.75, 3.05) is 4.72 Å². The summed E-state index contributed by atoms with van der Waals surface area (Å²) in [6.07, 6.45) is 1.13. The van der Waals surface area contributed by atoms with E-state index in [0.717, 1.165) is 16.1 Å². The summed E-state index contributed by atoms with van der Waals surface area (Å²) in [5, 5.41) is 12.6. The number of rotatable bonds is 6. The molecule has 1 amide bonds. The summed E-state index contributed by atoms with van der Waals surface area (Å²) in [5.41, 5.74) is 2.22. The van der Waals surface area contributed by atoms with Crippen molar-refractivity contribution in [3.63, 3.8) is 0 Å². The number of fused-ring (bicyclic) bond motifs is 1. The van der Waals surface area contributed by atoms with Gasteiger partial charge < -0.3 is 5.32 Å². The average molecular weight is 511 g/mol. The number of carbonyl (C=O) groups is 1. The fourth-order valence-electron chi connectivity index (χ4n) is 3.48. The van der Waals surface area contributed by atoms with E-state index in [1.807, 2.05) is 13.8 Å². The van der Waals surface area contributed by atoms with Gasteiger partial charge >= 0.3 is 0 Å². The number of nitrogens with zero attached hydrogens (tertiary/aromatic N) is 2. The lowest BCUT2D eigenvalue weighted by Crippen LogP contribution is -2.35. The molecule has 2 aromatic carbocycles. The summed E-state index contributed by atoms with van der Waals surface area (Å²) in [6, 6.07) is 9.54. The third-order valence-electron chi connectivity index (χ3n) is 5.09. The molecule has 0 radical (unpaired) electrons. The van der Waals surface area contributed by atoms with E-state index >= 15 is 0 Å². The molecule has 168 valence electrons. The molecule has 2 N–H and O–H groups in total. The van der Waals surface area contributed by atoms with Crippen LogP contribution in [0.3, 0.4) is 0 Å². The maximum atomic E-state index is 12.8. The number of sulfonamides is 1. The first-order valence-corrected chi connectivity index (χ1v) is 12.9. The van der Waals surface area contributed by atoms with Crippen molar-refractivity contribution < 1.29 is 13.2 Å². The van der Waals surface area contributed by atoms with E-state index in [-0.39, 0.29) is 32.9 Å². The lowest BCUT2D eigenvalue weighted by atomic mass is 10.1. The van der Waals surface area contributed by atoms with Gasteiger partial charge in [0.05, 0.1) is 15.5 Å². The van der Waals surface area contributed by atoms with Gasteiger partial charge in [-0.1, -0.05) is 54.5 Å². The normalized spacial score (nSPS) is 15.6. The molecule has 1 aromatic heterocycles. The second-order valence-electron chi connectivity index (χ2n) is 7.84. The van der Waals surface area contributed by atoms with Crippen molar-refractivity contribution >= 4 is 55.6 Å². The second-order valence-corrected chi connectivity index (χ2v) is 11.4. The molecule has 0 saturated heterocycles. The number of halogens is 2. The first-order chi connectivity index (χ1) is 15.1. The molecule has 7 nitrogen and oxygen atoms in total. The topological polar surface area (TPSA) is 101 Å². The summed E-state index contributed by atoms with van der Waals surface area (Å²) in [5.74, 6) is -0.128. The van der Waals surface area contributed by atoms with Crippen molar-refractivity contribution in [1.29, 1.82) is 0 Å². The summed E-state index contributed by atoms with van der Waals surface area (Å²) >= 11 is 13.2. The van der Waals surface area contributed by atoms with Crippen molar-refractivity contribution in [2.45, 2.75) is 43.5 Å². The van der Waals surface area contributed by atoms with Crippen LogP contribution in [0, 0.1) is 0 Å². The van der Waals surface area contributed by atoms with Crippen LogP contribution in [0.25, 0.3) is 0 Å². The van der Waals surface area contributed by atoms with E-state index in [0.29, 0.717) is 23.4 Å². The van der Waals surface area contributed by atoms with Gasteiger partial charge in [-0.3, -0.25) is 9.52 Å². The molecule has 0 fully saturated rings. The fourth-order valence-corrected chi connectivity index (χ4v) is 6.00. The molecule has 0 saturated carbocycles. The third-order valence-corrected chi connectivity index (χ3v) is 8.24. The van der Waals surface area contributed by atoms with Gasteiger partial charge in [-0.15, -0.1) is 10.2 Å². The van der Waals surface area contributed by atoms with E-state index in [1.54, 1.807) is 30.3 Å². The Labute approximate surface area is 200 Å². The van der Waals surface area contributed by atoms with Gasteiger partial charge in [0, 0.05) is 17.0 Å². The molecular formula is C21H20Cl2N4O3S2. The molecule has 0 bridgehead atoms. The van der Waals surface area contributed by atoms with Crippen molar-refractivity contribution in [3.05, 3.63) is 68.1 Å². The monoisotopic (exact) mass is 510 g/mol. The summed E-state index contributed by atoms with van der Waals surface area (Å²) in [6.45, 7) is 3.94. The first kappa shape index (κ1) is 23.0. The zero-order valence-electron chi connectivity index (χ0n) is 17.2.